The minimum Gasteiger partial charge on any atom is -0.380 e. The highest BCUT2D eigenvalue weighted by Gasteiger charge is 2.28. The molecule has 1 heterocycles. The maximum atomic E-state index is 12.0. The Hall–Kier alpha value is -2.11. The summed E-state index contributed by atoms with van der Waals surface area (Å²) in [6.45, 7) is 4.65. The van der Waals surface area contributed by atoms with E-state index in [0.29, 0.717) is 44.1 Å². The normalized spacial score (nSPS) is 18.6. The van der Waals surface area contributed by atoms with E-state index in [1.165, 1.54) is 18.4 Å². The maximum Gasteiger partial charge on any atom is 0.253 e. The van der Waals surface area contributed by atoms with E-state index in [2.05, 4.69) is 11.4 Å². The number of piperazine rings is 1. The molecule has 130 valence electrons. The maximum absolute atomic E-state index is 12.0. The summed E-state index contributed by atoms with van der Waals surface area (Å²) in [5, 5.41) is 3.17. The first-order valence-corrected chi connectivity index (χ1v) is 8.83. The van der Waals surface area contributed by atoms with Crippen molar-refractivity contribution in [2.45, 2.75) is 39.0 Å². The molecule has 6 heteroatoms. The summed E-state index contributed by atoms with van der Waals surface area (Å²) in [7, 11) is 0. The molecule has 1 amide bonds. The summed E-state index contributed by atoms with van der Waals surface area (Å²) in [6, 6.07) is 0. The molecule has 1 aromatic rings. The van der Waals surface area contributed by atoms with Crippen LogP contribution in [0.15, 0.2) is 21.2 Å². The van der Waals surface area contributed by atoms with Crippen LogP contribution in [-0.2, 0) is 4.79 Å². The number of carbonyl (C=O) groups excluding carboxylic acids is 1. The zero-order chi connectivity index (χ0) is 17.1. The minimum atomic E-state index is -0.406. The molecule has 0 unspecified atom stereocenters. The lowest BCUT2D eigenvalue weighted by Gasteiger charge is -2.36. The van der Waals surface area contributed by atoms with Crippen molar-refractivity contribution in [3.8, 4) is 0 Å². The van der Waals surface area contributed by atoms with Crippen LogP contribution in [0.3, 0.4) is 0 Å². The lowest BCUT2D eigenvalue weighted by atomic mass is 9.97. The molecule has 1 fully saturated rings. The van der Waals surface area contributed by atoms with Crippen LogP contribution in [0.2, 0.25) is 0 Å². The van der Waals surface area contributed by atoms with Crippen molar-refractivity contribution < 1.29 is 4.79 Å². The molecule has 2 aliphatic rings. The summed E-state index contributed by atoms with van der Waals surface area (Å²) in [4.78, 5) is 39.0. The SMILES string of the molecule is CC(=O)N1CCN(c2c(NCCC3=CCCCC3)c(=O)c2=O)CC1. The van der Waals surface area contributed by atoms with E-state index in [4.69, 9.17) is 0 Å². The van der Waals surface area contributed by atoms with Gasteiger partial charge in [0.25, 0.3) is 10.9 Å². The summed E-state index contributed by atoms with van der Waals surface area (Å²) in [6.07, 6.45) is 8.04. The second-order valence-electron chi connectivity index (χ2n) is 6.66. The Morgan fingerprint density at radius 3 is 2.50 bits per heavy atom. The summed E-state index contributed by atoms with van der Waals surface area (Å²) < 4.78 is 0. The first kappa shape index (κ1) is 16.7. The summed E-state index contributed by atoms with van der Waals surface area (Å²) >= 11 is 0. The van der Waals surface area contributed by atoms with Gasteiger partial charge in [0.2, 0.25) is 5.91 Å². The number of hydrogen-bond donors (Lipinski definition) is 1. The van der Waals surface area contributed by atoms with Crippen LogP contribution in [0, 0.1) is 0 Å². The van der Waals surface area contributed by atoms with Crippen molar-refractivity contribution in [3.63, 3.8) is 0 Å². The van der Waals surface area contributed by atoms with Crippen LogP contribution in [-0.4, -0.2) is 43.5 Å². The highest BCUT2D eigenvalue weighted by atomic mass is 16.2. The van der Waals surface area contributed by atoms with Gasteiger partial charge in [0, 0.05) is 39.6 Å². The van der Waals surface area contributed by atoms with Crippen LogP contribution in [0.5, 0.6) is 0 Å². The van der Waals surface area contributed by atoms with Crippen molar-refractivity contribution in [1.82, 2.24) is 4.90 Å². The van der Waals surface area contributed by atoms with Crippen molar-refractivity contribution in [1.29, 1.82) is 0 Å². The molecule has 1 aliphatic heterocycles. The molecule has 24 heavy (non-hydrogen) atoms. The van der Waals surface area contributed by atoms with Gasteiger partial charge in [-0.25, -0.2) is 0 Å². The summed E-state index contributed by atoms with van der Waals surface area (Å²) in [5.74, 6) is 0.0544. The van der Waals surface area contributed by atoms with Crippen LogP contribution in [0.4, 0.5) is 11.4 Å². The standard InChI is InChI=1S/C18H25N3O3/c1-13(22)20-9-11-21(12-10-20)16-15(17(23)18(16)24)19-8-7-14-5-3-2-4-6-14/h5,19H,2-4,6-12H2,1H3. The Morgan fingerprint density at radius 1 is 1.12 bits per heavy atom. The van der Waals surface area contributed by atoms with Gasteiger partial charge in [0.1, 0.15) is 11.4 Å². The molecule has 6 nitrogen and oxygen atoms in total. The van der Waals surface area contributed by atoms with Crippen molar-refractivity contribution in [3.05, 3.63) is 32.1 Å². The highest BCUT2D eigenvalue weighted by molar-refractivity contribution is 5.76. The lowest BCUT2D eigenvalue weighted by molar-refractivity contribution is -0.129. The van der Waals surface area contributed by atoms with Gasteiger partial charge in [-0.2, -0.15) is 0 Å². The van der Waals surface area contributed by atoms with Crippen LogP contribution >= 0.6 is 0 Å². The van der Waals surface area contributed by atoms with Gasteiger partial charge < -0.3 is 15.1 Å². The average Bonchev–Trinajstić information content (AvgIpc) is 2.61. The Morgan fingerprint density at radius 2 is 1.88 bits per heavy atom. The first-order valence-electron chi connectivity index (χ1n) is 8.83. The Kier molecular flexibility index (Phi) is 5.02. The number of allylic oxidation sites excluding steroid dienone is 1. The highest BCUT2D eigenvalue weighted by Crippen LogP contribution is 2.23. The van der Waals surface area contributed by atoms with Gasteiger partial charge in [-0.15, -0.1) is 0 Å². The molecule has 0 atom stereocenters. The van der Waals surface area contributed by atoms with E-state index in [1.807, 2.05) is 4.90 Å². The van der Waals surface area contributed by atoms with Crippen molar-refractivity contribution >= 4 is 17.3 Å². The van der Waals surface area contributed by atoms with E-state index in [0.717, 1.165) is 19.3 Å². The topological polar surface area (TPSA) is 69.7 Å². The molecule has 1 aromatic carbocycles. The Labute approximate surface area is 141 Å². The molecule has 1 saturated heterocycles. The lowest BCUT2D eigenvalue weighted by Crippen LogP contribution is -2.52. The summed E-state index contributed by atoms with van der Waals surface area (Å²) in [5.41, 5.74) is 1.62. The third-order valence-electron chi connectivity index (χ3n) is 5.06. The van der Waals surface area contributed by atoms with Crippen LogP contribution in [0.1, 0.15) is 39.0 Å². The second-order valence-corrected chi connectivity index (χ2v) is 6.66. The molecule has 0 bridgehead atoms. The predicted octanol–water partition coefficient (Wildman–Crippen LogP) is 1.25. The molecule has 1 aliphatic carbocycles. The molecule has 0 radical (unpaired) electrons. The monoisotopic (exact) mass is 331 g/mol. The Balaban J connectivity index is 1.58. The number of rotatable bonds is 5. The van der Waals surface area contributed by atoms with Crippen LogP contribution < -0.4 is 21.1 Å². The average molecular weight is 331 g/mol. The number of nitrogens with zero attached hydrogens (tertiary/aromatic N) is 2. The zero-order valence-electron chi connectivity index (χ0n) is 14.3. The molecule has 0 saturated carbocycles. The van der Waals surface area contributed by atoms with E-state index in [9.17, 15) is 14.4 Å². The molecule has 3 rings (SSSR count). The Bertz CT molecular complexity index is 707. The smallest absolute Gasteiger partial charge is 0.253 e. The number of hydrogen-bond acceptors (Lipinski definition) is 5. The molecule has 1 N–H and O–H groups in total. The van der Waals surface area contributed by atoms with Crippen molar-refractivity contribution in [2.24, 2.45) is 0 Å². The van der Waals surface area contributed by atoms with Gasteiger partial charge in [-0.05, 0) is 32.1 Å². The molecular formula is C18H25N3O3. The van der Waals surface area contributed by atoms with Gasteiger partial charge >= 0.3 is 0 Å². The largest absolute Gasteiger partial charge is 0.380 e. The number of amides is 1. The van der Waals surface area contributed by atoms with Gasteiger partial charge in [0.05, 0.1) is 0 Å². The first-order chi connectivity index (χ1) is 11.6. The predicted molar refractivity (Wildman–Crippen MR) is 95.5 cm³/mol. The molecular weight excluding hydrogens is 306 g/mol. The van der Waals surface area contributed by atoms with Crippen molar-refractivity contribution in [2.75, 3.05) is 42.9 Å². The number of nitrogens with one attached hydrogen (secondary N) is 1. The third-order valence-corrected chi connectivity index (χ3v) is 5.06. The number of carbonyl (C=O) groups is 1. The fourth-order valence-corrected chi connectivity index (χ4v) is 3.57. The second kappa shape index (κ2) is 7.20. The van der Waals surface area contributed by atoms with E-state index in [1.54, 1.807) is 11.8 Å². The van der Waals surface area contributed by atoms with Gasteiger partial charge in [-0.1, -0.05) is 11.6 Å². The third kappa shape index (κ3) is 3.37. The van der Waals surface area contributed by atoms with Crippen LogP contribution in [0.25, 0.3) is 0 Å². The minimum absolute atomic E-state index is 0.0544. The van der Waals surface area contributed by atoms with E-state index >= 15 is 0 Å². The van der Waals surface area contributed by atoms with E-state index in [-0.39, 0.29) is 5.91 Å². The quantitative estimate of drug-likeness (QED) is 0.650. The fourth-order valence-electron chi connectivity index (χ4n) is 3.57. The fraction of sp³-hybridized carbons (Fsp3) is 0.611. The van der Waals surface area contributed by atoms with Gasteiger partial charge in [0.15, 0.2) is 0 Å². The molecule has 0 aromatic heterocycles. The van der Waals surface area contributed by atoms with Gasteiger partial charge in [-0.3, -0.25) is 14.4 Å². The number of anilines is 2. The van der Waals surface area contributed by atoms with E-state index < -0.39 is 10.9 Å². The zero-order valence-corrected chi connectivity index (χ0v) is 14.3. The molecule has 0 spiro atoms.